The number of likely N-dealkylation sites (tertiary alicyclic amines) is 1. The zero-order valence-electron chi connectivity index (χ0n) is 11.3. The van der Waals surface area contributed by atoms with Crippen molar-refractivity contribution in [3.8, 4) is 0 Å². The quantitative estimate of drug-likeness (QED) is 0.925. The molecule has 1 aromatic carbocycles. The van der Waals surface area contributed by atoms with Gasteiger partial charge in [-0.2, -0.15) is 0 Å². The van der Waals surface area contributed by atoms with Crippen molar-refractivity contribution in [1.82, 2.24) is 14.5 Å². The number of rotatable bonds is 2. The molecule has 1 saturated heterocycles. The van der Waals surface area contributed by atoms with E-state index in [1.807, 2.05) is 17.9 Å². The molecule has 1 aliphatic heterocycles. The fourth-order valence-corrected chi connectivity index (χ4v) is 2.97. The Kier molecular flexibility index (Phi) is 3.30. The molecular formula is C14H17ClN4O. The Balaban J connectivity index is 2.02. The first-order valence-electron chi connectivity index (χ1n) is 6.79. The predicted molar refractivity (Wildman–Crippen MR) is 79.7 cm³/mol. The molecule has 0 spiro atoms. The van der Waals surface area contributed by atoms with Crippen LogP contribution in [0.25, 0.3) is 11.0 Å². The third-order valence-corrected chi connectivity index (χ3v) is 4.08. The van der Waals surface area contributed by atoms with Crippen molar-refractivity contribution in [3.63, 3.8) is 0 Å². The van der Waals surface area contributed by atoms with Gasteiger partial charge in [0.15, 0.2) is 0 Å². The van der Waals surface area contributed by atoms with Crippen LogP contribution in [0.1, 0.15) is 25.8 Å². The number of halogens is 1. The Hall–Kier alpha value is -1.75. The van der Waals surface area contributed by atoms with Crippen molar-refractivity contribution in [1.29, 1.82) is 0 Å². The Bertz CT molecular complexity index is 660. The van der Waals surface area contributed by atoms with E-state index in [1.54, 1.807) is 16.7 Å². The Morgan fingerprint density at radius 1 is 1.40 bits per heavy atom. The lowest BCUT2D eigenvalue weighted by molar-refractivity contribution is -0.133. The molecular weight excluding hydrogens is 276 g/mol. The molecule has 0 bridgehead atoms. The van der Waals surface area contributed by atoms with Gasteiger partial charge >= 0.3 is 0 Å². The third-order valence-electron chi connectivity index (χ3n) is 3.84. The largest absolute Gasteiger partial charge is 0.369 e. The highest BCUT2D eigenvalue weighted by Gasteiger charge is 2.26. The maximum atomic E-state index is 12.5. The number of aromatic nitrogens is 2. The molecule has 2 heterocycles. The minimum absolute atomic E-state index is 0.0912. The van der Waals surface area contributed by atoms with Gasteiger partial charge in [-0.1, -0.05) is 11.6 Å². The van der Waals surface area contributed by atoms with Crippen molar-refractivity contribution in [2.75, 3.05) is 18.8 Å². The van der Waals surface area contributed by atoms with Crippen molar-refractivity contribution >= 4 is 34.5 Å². The average molecular weight is 293 g/mol. The number of nitrogens with zero attached hydrogens (tertiary/aromatic N) is 3. The van der Waals surface area contributed by atoms with Gasteiger partial charge in [0.1, 0.15) is 6.04 Å². The molecule has 1 unspecified atom stereocenters. The summed E-state index contributed by atoms with van der Waals surface area (Å²) < 4.78 is 1.77. The Morgan fingerprint density at radius 3 is 2.80 bits per heavy atom. The molecule has 6 heteroatoms. The van der Waals surface area contributed by atoms with Gasteiger partial charge in [0.2, 0.25) is 11.9 Å². The van der Waals surface area contributed by atoms with Crippen LogP contribution >= 0.6 is 11.6 Å². The molecule has 3 rings (SSSR count). The second-order valence-corrected chi connectivity index (χ2v) is 5.62. The summed E-state index contributed by atoms with van der Waals surface area (Å²) in [6.07, 6.45) is 2.15. The second-order valence-electron chi connectivity index (χ2n) is 5.18. The molecule has 2 N–H and O–H groups in total. The van der Waals surface area contributed by atoms with Crippen molar-refractivity contribution in [3.05, 3.63) is 23.2 Å². The van der Waals surface area contributed by atoms with E-state index in [2.05, 4.69) is 4.98 Å². The number of hydrogen-bond donors (Lipinski definition) is 1. The van der Waals surface area contributed by atoms with E-state index in [-0.39, 0.29) is 11.9 Å². The lowest BCUT2D eigenvalue weighted by atomic mass is 10.2. The minimum atomic E-state index is -0.364. The zero-order valence-corrected chi connectivity index (χ0v) is 12.1. The molecule has 0 saturated carbocycles. The van der Waals surface area contributed by atoms with Gasteiger partial charge in [-0.15, -0.1) is 0 Å². The molecule has 5 nitrogen and oxygen atoms in total. The van der Waals surface area contributed by atoms with Crippen LogP contribution in [-0.4, -0.2) is 33.4 Å². The number of fused-ring (bicyclic) bond motifs is 1. The lowest BCUT2D eigenvalue weighted by Crippen LogP contribution is -2.34. The number of carbonyl (C=O) groups is 1. The van der Waals surface area contributed by atoms with Gasteiger partial charge in [-0.25, -0.2) is 4.98 Å². The molecule has 1 aliphatic rings. The Labute approximate surface area is 122 Å². The smallest absolute Gasteiger partial charge is 0.245 e. The SMILES string of the molecule is CC(C(=O)N1CCCC1)n1c(N)nc2ccc(Cl)cc21. The summed E-state index contributed by atoms with van der Waals surface area (Å²) in [6, 6.07) is 5.02. The summed E-state index contributed by atoms with van der Waals surface area (Å²) in [6.45, 7) is 3.52. The molecule has 1 aromatic heterocycles. The summed E-state index contributed by atoms with van der Waals surface area (Å²) in [5.41, 5.74) is 7.54. The normalized spacial score (nSPS) is 16.8. The minimum Gasteiger partial charge on any atom is -0.369 e. The van der Waals surface area contributed by atoms with Gasteiger partial charge in [0, 0.05) is 18.1 Å². The fraction of sp³-hybridized carbons (Fsp3) is 0.429. The highest BCUT2D eigenvalue weighted by atomic mass is 35.5. The van der Waals surface area contributed by atoms with Crippen molar-refractivity contribution < 1.29 is 4.79 Å². The van der Waals surface area contributed by atoms with Crippen LogP contribution in [-0.2, 0) is 4.79 Å². The van der Waals surface area contributed by atoms with E-state index >= 15 is 0 Å². The number of anilines is 1. The Morgan fingerprint density at radius 2 is 2.10 bits per heavy atom. The van der Waals surface area contributed by atoms with E-state index < -0.39 is 0 Å². The van der Waals surface area contributed by atoms with Crippen molar-refractivity contribution in [2.24, 2.45) is 0 Å². The van der Waals surface area contributed by atoms with Crippen LogP contribution in [0.4, 0.5) is 5.95 Å². The first kappa shape index (κ1) is 13.2. The maximum absolute atomic E-state index is 12.5. The number of carbonyl (C=O) groups excluding carboxylic acids is 1. The third kappa shape index (κ3) is 2.12. The molecule has 20 heavy (non-hydrogen) atoms. The topological polar surface area (TPSA) is 64.2 Å². The van der Waals surface area contributed by atoms with E-state index in [1.165, 1.54) is 0 Å². The maximum Gasteiger partial charge on any atom is 0.245 e. The standard InChI is InChI=1S/C14H17ClN4O/c1-9(13(20)18-6-2-3-7-18)19-12-8-10(15)4-5-11(12)17-14(19)16/h4-5,8-9H,2-3,6-7H2,1H3,(H2,16,17). The highest BCUT2D eigenvalue weighted by molar-refractivity contribution is 6.31. The molecule has 1 fully saturated rings. The van der Waals surface area contributed by atoms with E-state index in [0.29, 0.717) is 11.0 Å². The summed E-state index contributed by atoms with van der Waals surface area (Å²) in [5.74, 6) is 0.441. The molecule has 106 valence electrons. The summed E-state index contributed by atoms with van der Waals surface area (Å²) in [7, 11) is 0. The van der Waals surface area contributed by atoms with E-state index in [0.717, 1.165) is 37.0 Å². The number of hydrogen-bond acceptors (Lipinski definition) is 3. The number of nitrogen functional groups attached to an aromatic ring is 1. The summed E-state index contributed by atoms with van der Waals surface area (Å²) in [5, 5.41) is 0.611. The van der Waals surface area contributed by atoms with Crippen LogP contribution in [0, 0.1) is 0 Å². The second kappa shape index (κ2) is 4.98. The van der Waals surface area contributed by atoms with Crippen LogP contribution in [0.15, 0.2) is 18.2 Å². The fourth-order valence-electron chi connectivity index (χ4n) is 2.80. The number of amides is 1. The van der Waals surface area contributed by atoms with Crippen molar-refractivity contribution in [2.45, 2.75) is 25.8 Å². The number of benzene rings is 1. The van der Waals surface area contributed by atoms with Gasteiger partial charge < -0.3 is 10.6 Å². The zero-order chi connectivity index (χ0) is 14.3. The van der Waals surface area contributed by atoms with Gasteiger partial charge in [-0.3, -0.25) is 9.36 Å². The average Bonchev–Trinajstić information content (AvgIpc) is 3.04. The van der Waals surface area contributed by atoms with E-state index in [4.69, 9.17) is 17.3 Å². The van der Waals surface area contributed by atoms with Crippen LogP contribution in [0.3, 0.4) is 0 Å². The monoisotopic (exact) mass is 292 g/mol. The number of imidazole rings is 1. The first-order chi connectivity index (χ1) is 9.58. The molecule has 1 amide bonds. The molecule has 0 radical (unpaired) electrons. The van der Waals surface area contributed by atoms with Gasteiger partial charge in [0.05, 0.1) is 11.0 Å². The molecule has 1 atom stereocenters. The molecule has 2 aromatic rings. The predicted octanol–water partition coefficient (Wildman–Crippen LogP) is 2.46. The number of nitrogens with two attached hydrogens (primary N) is 1. The van der Waals surface area contributed by atoms with E-state index in [9.17, 15) is 4.79 Å². The first-order valence-corrected chi connectivity index (χ1v) is 7.17. The lowest BCUT2D eigenvalue weighted by Gasteiger charge is -2.22. The van der Waals surface area contributed by atoms with Gasteiger partial charge in [-0.05, 0) is 38.0 Å². The summed E-state index contributed by atoms with van der Waals surface area (Å²) in [4.78, 5) is 18.7. The van der Waals surface area contributed by atoms with Crippen LogP contribution in [0.5, 0.6) is 0 Å². The van der Waals surface area contributed by atoms with Crippen LogP contribution in [0.2, 0.25) is 5.02 Å². The van der Waals surface area contributed by atoms with Crippen LogP contribution < -0.4 is 5.73 Å². The van der Waals surface area contributed by atoms with Gasteiger partial charge in [0.25, 0.3) is 0 Å². The summed E-state index contributed by atoms with van der Waals surface area (Å²) >= 11 is 6.03. The highest BCUT2D eigenvalue weighted by Crippen LogP contribution is 2.27. The molecule has 0 aliphatic carbocycles.